The van der Waals surface area contributed by atoms with Crippen molar-refractivity contribution in [3.63, 3.8) is 0 Å². The van der Waals surface area contributed by atoms with Crippen LogP contribution in [0.15, 0.2) is 3.92 Å². The predicted molar refractivity (Wildman–Crippen MR) is 63.6 cm³/mol. The van der Waals surface area contributed by atoms with Gasteiger partial charge in [-0.1, -0.05) is 0 Å². The van der Waals surface area contributed by atoms with Crippen LogP contribution in [0.4, 0.5) is 0 Å². The maximum Gasteiger partial charge on any atom is 0.159 e. The first-order chi connectivity index (χ1) is 6.79. The van der Waals surface area contributed by atoms with Crippen LogP contribution >= 0.6 is 27.3 Å². The Hall–Kier alpha value is 0.0700. The number of halogens is 1. The minimum Gasteiger partial charge on any atom is -0.330 e. The number of hydrogen-bond donors (Lipinski definition) is 1. The molecule has 1 aromatic rings. The van der Waals surface area contributed by atoms with Crippen LogP contribution in [0.2, 0.25) is 0 Å². The molecule has 0 saturated carbocycles. The van der Waals surface area contributed by atoms with Crippen molar-refractivity contribution in [1.29, 1.82) is 0 Å². The average molecular weight is 275 g/mol. The van der Waals surface area contributed by atoms with E-state index in [-0.39, 0.29) is 0 Å². The summed E-state index contributed by atoms with van der Waals surface area (Å²) in [6.07, 6.45) is 6.12. The molecule has 1 aromatic heterocycles. The van der Waals surface area contributed by atoms with Gasteiger partial charge in [0.2, 0.25) is 0 Å². The summed E-state index contributed by atoms with van der Waals surface area (Å²) in [5.41, 5.74) is 6.85. The molecule has 0 amide bonds. The van der Waals surface area contributed by atoms with E-state index in [9.17, 15) is 0 Å². The summed E-state index contributed by atoms with van der Waals surface area (Å²) in [6.45, 7) is 0.829. The van der Waals surface area contributed by atoms with Crippen molar-refractivity contribution >= 4 is 27.3 Å². The van der Waals surface area contributed by atoms with Crippen LogP contribution < -0.4 is 5.73 Å². The van der Waals surface area contributed by atoms with Gasteiger partial charge in [-0.05, 0) is 60.5 Å². The Labute approximate surface area is 97.0 Å². The lowest BCUT2D eigenvalue weighted by molar-refractivity contribution is 0.418. The molecule has 0 saturated heterocycles. The highest BCUT2D eigenvalue weighted by Crippen LogP contribution is 2.33. The second-order valence-electron chi connectivity index (χ2n) is 3.88. The monoisotopic (exact) mass is 274 g/mol. The predicted octanol–water partition coefficient (Wildman–Crippen LogP) is 2.75. The zero-order valence-corrected chi connectivity index (χ0v) is 10.5. The Balaban J connectivity index is 1.98. The van der Waals surface area contributed by atoms with E-state index < -0.39 is 0 Å². The molecule has 0 radical (unpaired) electrons. The van der Waals surface area contributed by atoms with E-state index in [1.54, 1.807) is 11.3 Å². The highest BCUT2D eigenvalue weighted by molar-refractivity contribution is 9.11. The smallest absolute Gasteiger partial charge is 0.159 e. The van der Waals surface area contributed by atoms with Gasteiger partial charge in [0.05, 0.1) is 5.69 Å². The van der Waals surface area contributed by atoms with Gasteiger partial charge in [0, 0.05) is 4.88 Å². The lowest BCUT2D eigenvalue weighted by Crippen LogP contribution is -2.14. The second kappa shape index (κ2) is 4.73. The number of hydrogen-bond acceptors (Lipinski definition) is 3. The van der Waals surface area contributed by atoms with E-state index in [1.165, 1.54) is 36.3 Å². The van der Waals surface area contributed by atoms with E-state index >= 15 is 0 Å². The van der Waals surface area contributed by atoms with Crippen LogP contribution in [-0.2, 0) is 12.8 Å². The molecule has 1 aliphatic rings. The van der Waals surface area contributed by atoms with Crippen molar-refractivity contribution in [1.82, 2.24) is 4.98 Å². The highest BCUT2D eigenvalue weighted by Gasteiger charge is 2.21. The summed E-state index contributed by atoms with van der Waals surface area (Å²) in [5, 5.41) is 0. The maximum atomic E-state index is 5.53. The number of nitrogens with zero attached hydrogens (tertiary/aromatic N) is 1. The van der Waals surface area contributed by atoms with E-state index in [4.69, 9.17) is 5.73 Å². The Morgan fingerprint density at radius 3 is 3.21 bits per heavy atom. The van der Waals surface area contributed by atoms with Gasteiger partial charge >= 0.3 is 0 Å². The Morgan fingerprint density at radius 1 is 1.57 bits per heavy atom. The molecular weight excluding hydrogens is 260 g/mol. The van der Waals surface area contributed by atoms with Crippen molar-refractivity contribution in [3.8, 4) is 0 Å². The molecule has 0 bridgehead atoms. The number of rotatable bonds is 3. The fourth-order valence-corrected chi connectivity index (χ4v) is 3.81. The van der Waals surface area contributed by atoms with Crippen LogP contribution in [0, 0.1) is 5.92 Å². The van der Waals surface area contributed by atoms with Gasteiger partial charge in [0.15, 0.2) is 3.92 Å². The largest absolute Gasteiger partial charge is 0.330 e. The molecule has 0 aromatic carbocycles. The fraction of sp³-hybridized carbons (Fsp3) is 0.700. The molecule has 0 aliphatic heterocycles. The van der Waals surface area contributed by atoms with Crippen LogP contribution in [0.3, 0.4) is 0 Å². The van der Waals surface area contributed by atoms with Gasteiger partial charge in [-0.3, -0.25) is 0 Å². The standard InChI is InChI=1S/C10H15BrN2S/c11-10-13-8-4-3-7(2-1-5-12)6-9(8)14-10/h7H,1-6,12H2. The first kappa shape index (κ1) is 10.6. The SMILES string of the molecule is NCCCC1CCc2nc(Br)sc2C1. The van der Waals surface area contributed by atoms with Crippen molar-refractivity contribution in [3.05, 3.63) is 14.5 Å². The zero-order chi connectivity index (χ0) is 9.97. The van der Waals surface area contributed by atoms with Gasteiger partial charge in [-0.15, -0.1) is 11.3 Å². The quantitative estimate of drug-likeness (QED) is 0.921. The highest BCUT2D eigenvalue weighted by atomic mass is 79.9. The minimum atomic E-state index is 0.829. The van der Waals surface area contributed by atoms with Crippen molar-refractivity contribution < 1.29 is 0 Å². The summed E-state index contributed by atoms with van der Waals surface area (Å²) >= 11 is 5.25. The maximum absolute atomic E-state index is 5.53. The molecule has 2 nitrogen and oxygen atoms in total. The average Bonchev–Trinajstić information content (AvgIpc) is 2.54. The fourth-order valence-electron chi connectivity index (χ4n) is 2.06. The van der Waals surface area contributed by atoms with E-state index in [1.807, 2.05) is 0 Å². The third-order valence-electron chi connectivity index (χ3n) is 2.83. The Kier molecular flexibility index (Phi) is 3.57. The van der Waals surface area contributed by atoms with E-state index in [0.29, 0.717) is 0 Å². The van der Waals surface area contributed by atoms with Gasteiger partial charge < -0.3 is 5.73 Å². The summed E-state index contributed by atoms with van der Waals surface area (Å²) in [6, 6.07) is 0. The molecule has 0 spiro atoms. The summed E-state index contributed by atoms with van der Waals surface area (Å²) in [7, 11) is 0. The third kappa shape index (κ3) is 2.35. The number of thiazole rings is 1. The molecule has 1 unspecified atom stereocenters. The normalized spacial score (nSPS) is 20.9. The molecule has 78 valence electrons. The summed E-state index contributed by atoms with van der Waals surface area (Å²) in [4.78, 5) is 5.97. The van der Waals surface area contributed by atoms with Crippen LogP contribution in [0.25, 0.3) is 0 Å². The van der Waals surface area contributed by atoms with Gasteiger partial charge in [-0.25, -0.2) is 4.98 Å². The van der Waals surface area contributed by atoms with Gasteiger partial charge in [-0.2, -0.15) is 0 Å². The molecule has 1 atom stereocenters. The Morgan fingerprint density at radius 2 is 2.43 bits per heavy atom. The number of aromatic nitrogens is 1. The van der Waals surface area contributed by atoms with Crippen molar-refractivity contribution in [2.45, 2.75) is 32.1 Å². The first-order valence-electron chi connectivity index (χ1n) is 5.13. The number of nitrogens with two attached hydrogens (primary N) is 1. The van der Waals surface area contributed by atoms with Crippen molar-refractivity contribution in [2.75, 3.05) is 6.54 Å². The number of aryl methyl sites for hydroxylation is 1. The van der Waals surface area contributed by atoms with E-state index in [2.05, 4.69) is 20.9 Å². The molecule has 14 heavy (non-hydrogen) atoms. The molecule has 1 aliphatic carbocycles. The summed E-state index contributed by atoms with van der Waals surface area (Å²) in [5.74, 6) is 0.846. The molecule has 4 heteroatoms. The van der Waals surface area contributed by atoms with Gasteiger partial charge in [0.1, 0.15) is 0 Å². The van der Waals surface area contributed by atoms with Crippen molar-refractivity contribution in [2.24, 2.45) is 11.7 Å². The molecule has 1 heterocycles. The molecule has 2 rings (SSSR count). The molecule has 2 N–H and O–H groups in total. The number of fused-ring (bicyclic) bond motifs is 1. The lowest BCUT2D eigenvalue weighted by atomic mass is 9.88. The summed E-state index contributed by atoms with van der Waals surface area (Å²) < 4.78 is 1.04. The van der Waals surface area contributed by atoms with Crippen LogP contribution in [-0.4, -0.2) is 11.5 Å². The van der Waals surface area contributed by atoms with Gasteiger partial charge in [0.25, 0.3) is 0 Å². The first-order valence-corrected chi connectivity index (χ1v) is 6.74. The van der Waals surface area contributed by atoms with Crippen LogP contribution in [0.1, 0.15) is 29.8 Å². The zero-order valence-electron chi connectivity index (χ0n) is 8.13. The second-order valence-corrected chi connectivity index (χ2v) is 6.24. The topological polar surface area (TPSA) is 38.9 Å². The lowest BCUT2D eigenvalue weighted by Gasteiger charge is -2.20. The van der Waals surface area contributed by atoms with E-state index in [0.717, 1.165) is 22.8 Å². The van der Waals surface area contributed by atoms with Crippen LogP contribution in [0.5, 0.6) is 0 Å². The Bertz CT molecular complexity index is 311. The minimum absolute atomic E-state index is 0.829. The molecular formula is C10H15BrN2S. The molecule has 0 fully saturated rings. The third-order valence-corrected chi connectivity index (χ3v) is 4.40.